The predicted octanol–water partition coefficient (Wildman–Crippen LogP) is 3.96. The van der Waals surface area contributed by atoms with Crippen molar-refractivity contribution < 1.29 is 28.2 Å². The van der Waals surface area contributed by atoms with Crippen LogP contribution < -0.4 is 25.2 Å². The number of amides is 1. The molecule has 0 saturated carbocycles. The van der Waals surface area contributed by atoms with Crippen molar-refractivity contribution in [3.8, 4) is 17.2 Å². The minimum absolute atomic E-state index is 0.0847. The van der Waals surface area contributed by atoms with Gasteiger partial charge < -0.3 is 23.9 Å². The van der Waals surface area contributed by atoms with Crippen LogP contribution in [0, 0.1) is 0 Å². The molecule has 0 unspecified atom stereocenters. The van der Waals surface area contributed by atoms with Crippen molar-refractivity contribution in [3.05, 3.63) is 70.1 Å². The predicted molar refractivity (Wildman–Crippen MR) is 124 cm³/mol. The summed E-state index contributed by atoms with van der Waals surface area (Å²) in [4.78, 5) is 36.3. The van der Waals surface area contributed by atoms with Crippen molar-refractivity contribution in [1.29, 1.82) is 0 Å². The number of rotatable bonds is 9. The van der Waals surface area contributed by atoms with Gasteiger partial charge in [-0.1, -0.05) is 13.0 Å². The van der Waals surface area contributed by atoms with E-state index in [4.69, 9.17) is 18.6 Å². The monoisotopic (exact) mass is 451 g/mol. The van der Waals surface area contributed by atoms with Gasteiger partial charge in [-0.15, -0.1) is 0 Å². The lowest BCUT2D eigenvalue weighted by Crippen LogP contribution is -2.27. The second kappa shape index (κ2) is 11.0. The minimum Gasteiger partial charge on any atom is -0.493 e. The average molecular weight is 451 g/mol. The second-order valence-electron chi connectivity index (χ2n) is 7.02. The summed E-state index contributed by atoms with van der Waals surface area (Å²) < 4.78 is 21.5. The lowest BCUT2D eigenvalue weighted by Gasteiger charge is -2.10. The Hall–Kier alpha value is -4.07. The number of esters is 1. The van der Waals surface area contributed by atoms with Gasteiger partial charge in [-0.2, -0.15) is 0 Å². The fraction of sp³-hybridized carbons (Fsp3) is 0.240. The lowest BCUT2D eigenvalue weighted by molar-refractivity contribution is -0.128. The summed E-state index contributed by atoms with van der Waals surface area (Å²) in [6.07, 6.45) is 3.75. The highest BCUT2D eigenvalue weighted by molar-refractivity contribution is 5.97. The van der Waals surface area contributed by atoms with Crippen LogP contribution in [0.3, 0.4) is 0 Å². The largest absolute Gasteiger partial charge is 0.493 e. The molecule has 0 bridgehead atoms. The normalized spacial score (nSPS) is 10.9. The summed E-state index contributed by atoms with van der Waals surface area (Å²) in [5.74, 6) is 0.283. The van der Waals surface area contributed by atoms with Gasteiger partial charge in [0.05, 0.1) is 13.7 Å². The molecule has 0 aliphatic heterocycles. The van der Waals surface area contributed by atoms with Gasteiger partial charge >= 0.3 is 11.6 Å². The van der Waals surface area contributed by atoms with Crippen LogP contribution in [0.2, 0.25) is 0 Å². The maximum atomic E-state index is 12.3. The second-order valence-corrected chi connectivity index (χ2v) is 7.02. The first-order valence-corrected chi connectivity index (χ1v) is 10.5. The molecule has 0 saturated heterocycles. The Labute approximate surface area is 190 Å². The van der Waals surface area contributed by atoms with Gasteiger partial charge in [-0.05, 0) is 55.3 Å². The fourth-order valence-electron chi connectivity index (χ4n) is 3.00. The van der Waals surface area contributed by atoms with E-state index in [1.807, 2.05) is 6.92 Å². The van der Waals surface area contributed by atoms with E-state index in [2.05, 4.69) is 5.32 Å². The van der Waals surface area contributed by atoms with Crippen molar-refractivity contribution in [2.75, 3.05) is 20.3 Å². The molecule has 3 aromatic rings. The van der Waals surface area contributed by atoms with Crippen LogP contribution in [0.1, 0.15) is 36.2 Å². The summed E-state index contributed by atoms with van der Waals surface area (Å²) in [5.41, 5.74) is 0.0838. The number of carbonyl (C=O) groups excluding carboxylic acids is 2. The highest BCUT2D eigenvalue weighted by atomic mass is 16.5. The molecule has 0 aliphatic carbocycles. The quantitative estimate of drug-likeness (QED) is 0.227. The molecule has 0 atom stereocenters. The van der Waals surface area contributed by atoms with Crippen LogP contribution in [-0.2, 0) is 4.79 Å². The molecule has 1 N–H and O–H groups in total. The smallest absolute Gasteiger partial charge is 0.349 e. The highest BCUT2D eigenvalue weighted by Gasteiger charge is 2.14. The van der Waals surface area contributed by atoms with Gasteiger partial charge in [0, 0.05) is 24.1 Å². The molecule has 1 amide bonds. The summed E-state index contributed by atoms with van der Waals surface area (Å²) in [6.45, 7) is 4.74. The molecule has 1 aromatic heterocycles. The van der Waals surface area contributed by atoms with Gasteiger partial charge in [-0.3, -0.25) is 4.79 Å². The Balaban J connectivity index is 1.72. The topological polar surface area (TPSA) is 104 Å². The molecular weight excluding hydrogens is 426 g/mol. The van der Waals surface area contributed by atoms with Crippen molar-refractivity contribution in [2.45, 2.75) is 20.3 Å². The van der Waals surface area contributed by atoms with E-state index < -0.39 is 17.5 Å². The third kappa shape index (κ3) is 6.00. The number of methoxy groups -OCH3 is 1. The zero-order valence-corrected chi connectivity index (χ0v) is 18.7. The van der Waals surface area contributed by atoms with Crippen LogP contribution in [0.25, 0.3) is 17.0 Å². The van der Waals surface area contributed by atoms with E-state index in [0.29, 0.717) is 30.0 Å². The van der Waals surface area contributed by atoms with E-state index in [1.165, 1.54) is 18.2 Å². The van der Waals surface area contributed by atoms with Crippen molar-refractivity contribution >= 4 is 28.9 Å². The molecule has 0 radical (unpaired) electrons. The van der Waals surface area contributed by atoms with E-state index in [1.54, 1.807) is 50.4 Å². The maximum Gasteiger partial charge on any atom is 0.349 e. The molecule has 0 spiro atoms. The van der Waals surface area contributed by atoms with Gasteiger partial charge in [0.15, 0.2) is 11.5 Å². The number of hydrogen-bond acceptors (Lipinski definition) is 7. The van der Waals surface area contributed by atoms with E-state index in [-0.39, 0.29) is 16.9 Å². The third-order valence-electron chi connectivity index (χ3n) is 4.57. The fourth-order valence-corrected chi connectivity index (χ4v) is 3.00. The van der Waals surface area contributed by atoms with Crippen LogP contribution in [-0.4, -0.2) is 32.1 Å². The Kier molecular flexibility index (Phi) is 7.86. The zero-order valence-electron chi connectivity index (χ0n) is 18.7. The molecule has 172 valence electrons. The number of carbonyl (C=O) groups is 2. The summed E-state index contributed by atoms with van der Waals surface area (Å²) in [6, 6.07) is 11.4. The van der Waals surface area contributed by atoms with Gasteiger partial charge in [0.25, 0.3) is 5.91 Å². The van der Waals surface area contributed by atoms with Gasteiger partial charge in [0.1, 0.15) is 16.9 Å². The van der Waals surface area contributed by atoms with E-state index in [0.717, 1.165) is 12.0 Å². The van der Waals surface area contributed by atoms with E-state index in [9.17, 15) is 14.4 Å². The maximum absolute atomic E-state index is 12.3. The summed E-state index contributed by atoms with van der Waals surface area (Å²) in [7, 11) is 1.55. The molecule has 2 aromatic carbocycles. The average Bonchev–Trinajstić information content (AvgIpc) is 2.81. The zero-order chi connectivity index (χ0) is 23.8. The SMILES string of the molecule is CCCOc1ccc(/C=C/C(=O)Oc2ccc3cc(C(=O)NCC)c(=O)oc3c2)cc1OC. The lowest BCUT2D eigenvalue weighted by atomic mass is 10.1. The highest BCUT2D eigenvalue weighted by Crippen LogP contribution is 2.28. The minimum atomic E-state index is -0.767. The molecule has 8 nitrogen and oxygen atoms in total. The molecular formula is C25H25NO7. The number of hydrogen-bond donors (Lipinski definition) is 1. The Morgan fingerprint density at radius 1 is 1.06 bits per heavy atom. The van der Waals surface area contributed by atoms with Crippen LogP contribution >= 0.6 is 0 Å². The molecule has 0 aliphatic rings. The first-order chi connectivity index (χ1) is 15.9. The standard InChI is InChI=1S/C25H25NO7/c1-4-12-31-20-10-6-16(13-22(20)30-3)7-11-23(27)32-18-9-8-17-14-19(24(28)26-5-2)25(29)33-21(17)15-18/h6-11,13-15H,4-5,12H2,1-3H3,(H,26,28)/b11-7+. The first kappa shape index (κ1) is 23.6. The number of nitrogens with one attached hydrogen (secondary N) is 1. The Bertz CT molecular complexity index is 1240. The molecule has 1 heterocycles. The number of fused-ring (bicyclic) bond motifs is 1. The van der Waals surface area contributed by atoms with Crippen LogP contribution in [0.5, 0.6) is 17.2 Å². The van der Waals surface area contributed by atoms with E-state index >= 15 is 0 Å². The number of benzene rings is 2. The first-order valence-electron chi connectivity index (χ1n) is 10.5. The third-order valence-corrected chi connectivity index (χ3v) is 4.57. The summed E-state index contributed by atoms with van der Waals surface area (Å²) in [5, 5.41) is 3.09. The molecule has 8 heteroatoms. The summed E-state index contributed by atoms with van der Waals surface area (Å²) >= 11 is 0. The van der Waals surface area contributed by atoms with Crippen molar-refractivity contribution in [2.24, 2.45) is 0 Å². The Morgan fingerprint density at radius 3 is 2.61 bits per heavy atom. The molecule has 3 rings (SSSR count). The molecule has 0 fully saturated rings. The van der Waals surface area contributed by atoms with Crippen LogP contribution in [0.4, 0.5) is 0 Å². The van der Waals surface area contributed by atoms with Crippen LogP contribution in [0.15, 0.2) is 57.8 Å². The number of ether oxygens (including phenoxy) is 3. The van der Waals surface area contributed by atoms with Crippen molar-refractivity contribution in [1.82, 2.24) is 5.32 Å². The van der Waals surface area contributed by atoms with Gasteiger partial charge in [0.2, 0.25) is 0 Å². The van der Waals surface area contributed by atoms with Gasteiger partial charge in [-0.25, -0.2) is 9.59 Å². The Morgan fingerprint density at radius 2 is 1.88 bits per heavy atom. The van der Waals surface area contributed by atoms with Crippen molar-refractivity contribution in [3.63, 3.8) is 0 Å². The molecule has 33 heavy (non-hydrogen) atoms.